The van der Waals surface area contributed by atoms with Crippen LogP contribution in [-0.2, 0) is 24.4 Å². The molecule has 1 aliphatic heterocycles. The molecule has 21 heavy (non-hydrogen) atoms. The summed E-state index contributed by atoms with van der Waals surface area (Å²) < 4.78 is 15.5. The Kier molecular flexibility index (Phi) is 3.53. The Morgan fingerprint density at radius 1 is 1.38 bits per heavy atom. The second kappa shape index (κ2) is 5.49. The summed E-state index contributed by atoms with van der Waals surface area (Å²) in [5.74, 6) is -0.133. The average Bonchev–Trinajstić information content (AvgIpc) is 2.78. The van der Waals surface area contributed by atoms with E-state index < -0.39 is 0 Å². The number of hydrogen-bond donors (Lipinski definition) is 2. The van der Waals surface area contributed by atoms with Gasteiger partial charge >= 0.3 is 5.69 Å². The van der Waals surface area contributed by atoms with Crippen LogP contribution in [0.5, 0.6) is 0 Å². The molecule has 0 saturated carbocycles. The number of anilines is 1. The number of rotatable bonds is 3. The van der Waals surface area contributed by atoms with Gasteiger partial charge in [-0.15, -0.1) is 0 Å². The predicted octanol–water partition coefficient (Wildman–Crippen LogP) is -0.0742. The highest BCUT2D eigenvalue weighted by Gasteiger charge is 2.17. The lowest BCUT2D eigenvalue weighted by Crippen LogP contribution is -2.35. The van der Waals surface area contributed by atoms with Gasteiger partial charge in [-0.25, -0.2) is 13.9 Å². The normalized spacial score (nSPS) is 13.8. The molecule has 3 rings (SSSR count). The van der Waals surface area contributed by atoms with Crippen LogP contribution in [0.4, 0.5) is 10.1 Å². The minimum atomic E-state index is -0.382. The Hall–Kier alpha value is -2.48. The highest BCUT2D eigenvalue weighted by Crippen LogP contribution is 2.08. The minimum Gasteiger partial charge on any atom is -0.324 e. The smallest absolute Gasteiger partial charge is 0.324 e. The van der Waals surface area contributed by atoms with Gasteiger partial charge in [-0.3, -0.25) is 9.36 Å². The van der Waals surface area contributed by atoms with E-state index in [1.807, 2.05) is 0 Å². The van der Waals surface area contributed by atoms with Crippen LogP contribution in [0.15, 0.2) is 29.1 Å². The first-order valence-corrected chi connectivity index (χ1v) is 6.56. The minimum absolute atomic E-state index is 0.170. The Morgan fingerprint density at radius 2 is 2.14 bits per heavy atom. The van der Waals surface area contributed by atoms with Crippen LogP contribution < -0.4 is 16.3 Å². The van der Waals surface area contributed by atoms with Gasteiger partial charge in [-0.2, -0.15) is 5.10 Å². The topological polar surface area (TPSA) is 81.0 Å². The molecular weight excluding hydrogens is 277 g/mol. The number of nitrogens with zero attached hydrogens (tertiary/aromatic N) is 3. The van der Waals surface area contributed by atoms with Crippen LogP contribution in [-0.4, -0.2) is 26.8 Å². The van der Waals surface area contributed by atoms with E-state index in [4.69, 9.17) is 0 Å². The molecule has 1 aromatic carbocycles. The van der Waals surface area contributed by atoms with Crippen molar-refractivity contribution >= 4 is 11.6 Å². The third-order valence-corrected chi connectivity index (χ3v) is 3.22. The number of aromatic nitrogens is 3. The summed E-state index contributed by atoms with van der Waals surface area (Å²) in [5, 5.41) is 9.83. The van der Waals surface area contributed by atoms with Crippen molar-refractivity contribution in [3.8, 4) is 0 Å². The summed E-state index contributed by atoms with van der Waals surface area (Å²) in [4.78, 5) is 24.0. The van der Waals surface area contributed by atoms with E-state index >= 15 is 0 Å². The van der Waals surface area contributed by atoms with Gasteiger partial charge in [0.1, 0.15) is 18.2 Å². The Labute approximate surface area is 119 Å². The quantitative estimate of drug-likeness (QED) is 0.829. The van der Waals surface area contributed by atoms with Gasteiger partial charge in [0.05, 0.1) is 6.54 Å². The molecule has 2 N–H and O–H groups in total. The fraction of sp³-hybridized carbons (Fsp3) is 0.308. The van der Waals surface area contributed by atoms with Crippen LogP contribution in [0.25, 0.3) is 0 Å². The molecule has 1 aliphatic rings. The maximum atomic E-state index is 12.8. The summed E-state index contributed by atoms with van der Waals surface area (Å²) in [6.45, 7) is 1.60. The van der Waals surface area contributed by atoms with Gasteiger partial charge in [-0.05, 0) is 24.3 Å². The molecule has 0 bridgehead atoms. The van der Waals surface area contributed by atoms with E-state index in [0.29, 0.717) is 31.1 Å². The summed E-state index contributed by atoms with van der Waals surface area (Å²) in [7, 11) is 0. The molecule has 8 heteroatoms. The molecule has 0 unspecified atom stereocenters. The largest absolute Gasteiger partial charge is 0.346 e. The van der Waals surface area contributed by atoms with E-state index in [1.54, 1.807) is 4.57 Å². The van der Waals surface area contributed by atoms with Gasteiger partial charge < -0.3 is 10.6 Å². The predicted molar refractivity (Wildman–Crippen MR) is 73.2 cm³/mol. The molecule has 0 spiro atoms. The second-order valence-electron chi connectivity index (χ2n) is 4.74. The highest BCUT2D eigenvalue weighted by atomic mass is 19.1. The van der Waals surface area contributed by atoms with Crippen LogP contribution in [0.3, 0.4) is 0 Å². The number of amides is 1. The first kappa shape index (κ1) is 13.5. The zero-order chi connectivity index (χ0) is 14.8. The van der Waals surface area contributed by atoms with Crippen LogP contribution in [0, 0.1) is 5.82 Å². The van der Waals surface area contributed by atoms with E-state index in [1.165, 1.54) is 24.3 Å². The molecule has 0 atom stereocenters. The highest BCUT2D eigenvalue weighted by molar-refractivity contribution is 5.90. The first-order valence-electron chi connectivity index (χ1n) is 6.56. The third-order valence-electron chi connectivity index (χ3n) is 3.22. The number of carbonyl (C=O) groups is 1. The molecule has 0 aliphatic carbocycles. The molecule has 1 amide bonds. The molecule has 2 heterocycles. The molecule has 0 fully saturated rings. The third kappa shape index (κ3) is 2.84. The summed E-state index contributed by atoms with van der Waals surface area (Å²) in [6.07, 6.45) is 0. The standard InChI is InChI=1S/C13H14FN5O2/c14-9-1-3-10(4-2-9)16-12(20)8-19-13(21)18-6-5-15-7-11(18)17-19/h1-4,15H,5-8H2,(H,16,20). The fourth-order valence-corrected chi connectivity index (χ4v) is 2.21. The zero-order valence-electron chi connectivity index (χ0n) is 11.2. The van der Waals surface area contributed by atoms with Crippen molar-refractivity contribution in [2.75, 3.05) is 11.9 Å². The van der Waals surface area contributed by atoms with Crippen molar-refractivity contribution in [2.45, 2.75) is 19.6 Å². The molecule has 1 aromatic heterocycles. The number of benzene rings is 1. The summed E-state index contributed by atoms with van der Waals surface area (Å²) >= 11 is 0. The lowest BCUT2D eigenvalue weighted by atomic mass is 10.3. The van der Waals surface area contributed by atoms with E-state index in [2.05, 4.69) is 15.7 Å². The molecule has 2 aromatic rings. The number of hydrogen-bond acceptors (Lipinski definition) is 4. The maximum absolute atomic E-state index is 12.8. The number of fused-ring (bicyclic) bond motifs is 1. The zero-order valence-corrected chi connectivity index (χ0v) is 11.2. The van der Waals surface area contributed by atoms with Crippen LogP contribution >= 0.6 is 0 Å². The van der Waals surface area contributed by atoms with Gasteiger partial charge in [-0.1, -0.05) is 0 Å². The van der Waals surface area contributed by atoms with Crippen molar-refractivity contribution in [1.29, 1.82) is 0 Å². The number of nitrogens with one attached hydrogen (secondary N) is 2. The Bertz CT molecular complexity index is 719. The van der Waals surface area contributed by atoms with Crippen LogP contribution in [0.1, 0.15) is 5.82 Å². The monoisotopic (exact) mass is 291 g/mol. The van der Waals surface area contributed by atoms with Crippen molar-refractivity contribution in [3.63, 3.8) is 0 Å². The van der Waals surface area contributed by atoms with Gasteiger partial charge in [0, 0.05) is 18.8 Å². The molecular formula is C13H14FN5O2. The first-order chi connectivity index (χ1) is 10.1. The second-order valence-corrected chi connectivity index (χ2v) is 4.74. The lowest BCUT2D eigenvalue weighted by molar-refractivity contribution is -0.117. The Morgan fingerprint density at radius 3 is 2.86 bits per heavy atom. The lowest BCUT2D eigenvalue weighted by Gasteiger charge is -2.11. The number of halogens is 1. The van der Waals surface area contributed by atoms with Gasteiger partial charge in [0.2, 0.25) is 5.91 Å². The fourth-order valence-electron chi connectivity index (χ4n) is 2.21. The van der Waals surface area contributed by atoms with Crippen molar-refractivity contribution < 1.29 is 9.18 Å². The van der Waals surface area contributed by atoms with Crippen LogP contribution in [0.2, 0.25) is 0 Å². The van der Waals surface area contributed by atoms with E-state index in [9.17, 15) is 14.0 Å². The van der Waals surface area contributed by atoms with Gasteiger partial charge in [0.25, 0.3) is 0 Å². The molecule has 110 valence electrons. The van der Waals surface area contributed by atoms with Crippen molar-refractivity contribution in [1.82, 2.24) is 19.7 Å². The summed E-state index contributed by atoms with van der Waals surface area (Å²) in [6, 6.07) is 5.42. The van der Waals surface area contributed by atoms with Crippen molar-refractivity contribution in [2.24, 2.45) is 0 Å². The number of carbonyl (C=O) groups excluding carboxylic acids is 1. The molecule has 0 saturated heterocycles. The molecule has 7 nitrogen and oxygen atoms in total. The Balaban J connectivity index is 1.71. The SMILES string of the molecule is O=C(Cn1nc2n(c1=O)CCNC2)Nc1ccc(F)cc1. The average molecular weight is 291 g/mol. The van der Waals surface area contributed by atoms with E-state index in [-0.39, 0.29) is 24.0 Å². The maximum Gasteiger partial charge on any atom is 0.346 e. The van der Waals surface area contributed by atoms with Gasteiger partial charge in [0.15, 0.2) is 0 Å². The molecule has 0 radical (unpaired) electrons. The van der Waals surface area contributed by atoms with E-state index in [0.717, 1.165) is 4.68 Å². The summed E-state index contributed by atoms with van der Waals surface area (Å²) in [5.41, 5.74) is 0.181. The van der Waals surface area contributed by atoms with Crippen molar-refractivity contribution in [3.05, 3.63) is 46.4 Å².